The Morgan fingerprint density at radius 2 is 1.73 bits per heavy atom. The van der Waals surface area contributed by atoms with Crippen LogP contribution in [0.4, 0.5) is 5.82 Å². The van der Waals surface area contributed by atoms with Gasteiger partial charge in [-0.1, -0.05) is 36.4 Å². The van der Waals surface area contributed by atoms with Crippen molar-refractivity contribution < 1.29 is 14.3 Å². The van der Waals surface area contributed by atoms with E-state index in [9.17, 15) is 4.79 Å². The maximum atomic E-state index is 13.0. The number of hydrogen-bond donors (Lipinski definition) is 1. The molecule has 1 fully saturated rings. The number of H-pyrrole nitrogens is 1. The summed E-state index contributed by atoms with van der Waals surface area (Å²) in [6.45, 7) is 8.09. The fourth-order valence-corrected chi connectivity index (χ4v) is 4.13. The lowest BCUT2D eigenvalue weighted by Gasteiger charge is -2.22. The van der Waals surface area contributed by atoms with Crippen LogP contribution in [0, 0.1) is 0 Å². The Kier molecular flexibility index (Phi) is 7.50. The molecule has 174 valence electrons. The predicted molar refractivity (Wildman–Crippen MR) is 130 cm³/mol. The molecule has 1 aliphatic heterocycles. The van der Waals surface area contributed by atoms with Gasteiger partial charge >= 0.3 is 0 Å². The van der Waals surface area contributed by atoms with Crippen molar-refractivity contribution in [3.05, 3.63) is 60.2 Å². The number of ether oxygens (including phenoxy) is 2. The van der Waals surface area contributed by atoms with Crippen molar-refractivity contribution in [3.8, 4) is 22.8 Å². The molecule has 33 heavy (non-hydrogen) atoms. The Hall–Kier alpha value is -3.48. The Morgan fingerprint density at radius 3 is 2.52 bits per heavy atom. The number of aromatic nitrogens is 2. The molecule has 1 aliphatic rings. The van der Waals surface area contributed by atoms with Gasteiger partial charge in [0.05, 0.1) is 25.3 Å². The van der Waals surface area contributed by atoms with Crippen LogP contribution < -0.4 is 14.4 Å². The van der Waals surface area contributed by atoms with E-state index in [0.717, 1.165) is 54.4 Å². The van der Waals surface area contributed by atoms with E-state index in [-0.39, 0.29) is 5.91 Å². The van der Waals surface area contributed by atoms with Crippen molar-refractivity contribution >= 4 is 11.7 Å². The zero-order chi connectivity index (χ0) is 23.0. The minimum absolute atomic E-state index is 0.135. The lowest BCUT2D eigenvalue weighted by atomic mass is 10.1. The molecule has 0 bridgehead atoms. The third-order valence-electron chi connectivity index (χ3n) is 5.78. The maximum absolute atomic E-state index is 13.0. The van der Waals surface area contributed by atoms with Gasteiger partial charge in [0.15, 0.2) is 17.3 Å². The standard InChI is InChI=1S/C26H32N4O3/c1-3-32-23-12-11-20(17-24(23)33-4-2)18-26(31)30-14-8-13-29(15-16-30)25-19-22(27-28-25)21-9-6-5-7-10-21/h5-7,9-12,17,19H,3-4,8,13-16,18H2,1-2H3,(H,27,28). The molecule has 2 aromatic carbocycles. The summed E-state index contributed by atoms with van der Waals surface area (Å²) in [6.07, 6.45) is 1.26. The molecule has 7 nitrogen and oxygen atoms in total. The summed E-state index contributed by atoms with van der Waals surface area (Å²) in [5.74, 6) is 2.47. The number of carbonyl (C=O) groups excluding carboxylic acids is 1. The minimum atomic E-state index is 0.135. The van der Waals surface area contributed by atoms with Crippen LogP contribution in [0.3, 0.4) is 0 Å². The van der Waals surface area contributed by atoms with Gasteiger partial charge in [0, 0.05) is 32.2 Å². The van der Waals surface area contributed by atoms with Gasteiger partial charge in [-0.15, -0.1) is 0 Å². The quantitative estimate of drug-likeness (QED) is 0.560. The summed E-state index contributed by atoms with van der Waals surface area (Å²) in [5, 5.41) is 7.66. The van der Waals surface area contributed by atoms with Gasteiger partial charge < -0.3 is 19.3 Å². The van der Waals surface area contributed by atoms with Gasteiger partial charge in [0.1, 0.15) is 0 Å². The highest BCUT2D eigenvalue weighted by Crippen LogP contribution is 2.29. The number of nitrogens with zero attached hydrogens (tertiary/aromatic N) is 3. The second kappa shape index (κ2) is 10.9. The first-order valence-electron chi connectivity index (χ1n) is 11.7. The molecule has 4 rings (SSSR count). The number of nitrogens with one attached hydrogen (secondary N) is 1. The third kappa shape index (κ3) is 5.66. The van der Waals surface area contributed by atoms with Gasteiger partial charge in [-0.25, -0.2) is 0 Å². The Bertz CT molecular complexity index is 1050. The Morgan fingerprint density at radius 1 is 0.939 bits per heavy atom. The number of benzene rings is 2. The molecule has 0 spiro atoms. The molecule has 0 aliphatic carbocycles. The minimum Gasteiger partial charge on any atom is -0.490 e. The van der Waals surface area contributed by atoms with Crippen LogP contribution in [0.25, 0.3) is 11.3 Å². The second-order valence-corrected chi connectivity index (χ2v) is 8.05. The summed E-state index contributed by atoms with van der Waals surface area (Å²) >= 11 is 0. The molecule has 1 saturated heterocycles. The van der Waals surface area contributed by atoms with Crippen LogP contribution in [-0.2, 0) is 11.2 Å². The molecular formula is C26H32N4O3. The first-order valence-corrected chi connectivity index (χ1v) is 11.7. The highest BCUT2D eigenvalue weighted by molar-refractivity contribution is 5.79. The van der Waals surface area contributed by atoms with Crippen molar-refractivity contribution in [1.29, 1.82) is 0 Å². The monoisotopic (exact) mass is 448 g/mol. The normalized spacial score (nSPS) is 14.1. The van der Waals surface area contributed by atoms with Crippen molar-refractivity contribution in [1.82, 2.24) is 15.1 Å². The number of hydrogen-bond acceptors (Lipinski definition) is 5. The van der Waals surface area contributed by atoms with Crippen molar-refractivity contribution in [2.45, 2.75) is 26.7 Å². The molecule has 0 radical (unpaired) electrons. The van der Waals surface area contributed by atoms with E-state index in [1.165, 1.54) is 0 Å². The third-order valence-corrected chi connectivity index (χ3v) is 5.78. The van der Waals surface area contributed by atoms with E-state index in [1.54, 1.807) is 0 Å². The topological polar surface area (TPSA) is 70.7 Å². The van der Waals surface area contributed by atoms with Gasteiger partial charge in [0.2, 0.25) is 5.91 Å². The molecule has 0 atom stereocenters. The van der Waals surface area contributed by atoms with E-state index in [1.807, 2.05) is 55.1 Å². The maximum Gasteiger partial charge on any atom is 0.227 e. The molecular weight excluding hydrogens is 416 g/mol. The van der Waals surface area contributed by atoms with Crippen LogP contribution in [0.15, 0.2) is 54.6 Å². The predicted octanol–water partition coefficient (Wildman–Crippen LogP) is 4.16. The number of carbonyl (C=O) groups is 1. The van der Waals surface area contributed by atoms with E-state index >= 15 is 0 Å². The summed E-state index contributed by atoms with van der Waals surface area (Å²) < 4.78 is 11.3. The molecule has 1 amide bonds. The zero-order valence-corrected chi connectivity index (χ0v) is 19.4. The van der Waals surface area contributed by atoms with Crippen LogP contribution in [0.2, 0.25) is 0 Å². The van der Waals surface area contributed by atoms with Crippen molar-refractivity contribution in [2.24, 2.45) is 0 Å². The van der Waals surface area contributed by atoms with Gasteiger partial charge in [-0.2, -0.15) is 5.10 Å². The zero-order valence-electron chi connectivity index (χ0n) is 19.4. The molecule has 7 heteroatoms. The fourth-order valence-electron chi connectivity index (χ4n) is 4.13. The molecule has 1 N–H and O–H groups in total. The molecule has 2 heterocycles. The lowest BCUT2D eigenvalue weighted by molar-refractivity contribution is -0.130. The summed E-state index contributed by atoms with van der Waals surface area (Å²) in [5.41, 5.74) is 3.06. The van der Waals surface area contributed by atoms with Crippen LogP contribution in [-0.4, -0.2) is 60.4 Å². The summed E-state index contributed by atoms with van der Waals surface area (Å²) in [7, 11) is 0. The number of rotatable bonds is 8. The number of aromatic amines is 1. The first kappa shape index (κ1) is 22.7. The van der Waals surface area contributed by atoms with E-state index in [0.29, 0.717) is 31.9 Å². The fraction of sp³-hybridized carbons (Fsp3) is 0.385. The second-order valence-electron chi connectivity index (χ2n) is 8.05. The smallest absolute Gasteiger partial charge is 0.227 e. The van der Waals surface area contributed by atoms with Crippen molar-refractivity contribution in [2.75, 3.05) is 44.3 Å². The average Bonchev–Trinajstić information content (AvgIpc) is 3.19. The van der Waals surface area contributed by atoms with E-state index in [2.05, 4.69) is 33.3 Å². The SMILES string of the molecule is CCOc1ccc(CC(=O)N2CCCN(c3cc(-c4ccccc4)[nH]n3)CC2)cc1OCC. The van der Waals surface area contributed by atoms with Gasteiger partial charge in [-0.3, -0.25) is 9.89 Å². The Labute approximate surface area is 195 Å². The van der Waals surface area contributed by atoms with Crippen LogP contribution in [0.5, 0.6) is 11.5 Å². The molecule has 3 aromatic rings. The molecule has 0 saturated carbocycles. The lowest BCUT2D eigenvalue weighted by Crippen LogP contribution is -2.36. The van der Waals surface area contributed by atoms with Crippen LogP contribution in [0.1, 0.15) is 25.8 Å². The van der Waals surface area contributed by atoms with E-state index < -0.39 is 0 Å². The largest absolute Gasteiger partial charge is 0.490 e. The molecule has 1 aromatic heterocycles. The Balaban J connectivity index is 1.37. The van der Waals surface area contributed by atoms with Crippen molar-refractivity contribution in [3.63, 3.8) is 0 Å². The van der Waals surface area contributed by atoms with Gasteiger partial charge in [0.25, 0.3) is 0 Å². The van der Waals surface area contributed by atoms with Crippen LogP contribution >= 0.6 is 0 Å². The van der Waals surface area contributed by atoms with Gasteiger partial charge in [-0.05, 0) is 43.5 Å². The highest BCUT2D eigenvalue weighted by atomic mass is 16.5. The summed E-state index contributed by atoms with van der Waals surface area (Å²) in [6, 6.07) is 18.0. The van der Waals surface area contributed by atoms with E-state index in [4.69, 9.17) is 9.47 Å². The average molecular weight is 449 g/mol. The summed E-state index contributed by atoms with van der Waals surface area (Å²) in [4.78, 5) is 17.3. The molecule has 0 unspecified atom stereocenters. The highest BCUT2D eigenvalue weighted by Gasteiger charge is 2.21. The first-order chi connectivity index (χ1) is 16.2. The number of anilines is 1. The number of amides is 1.